The van der Waals surface area contributed by atoms with E-state index in [1.54, 1.807) is 0 Å². The van der Waals surface area contributed by atoms with Crippen LogP contribution in [-0.2, 0) is 6.18 Å². The Morgan fingerprint density at radius 2 is 1.90 bits per heavy atom. The Bertz CT molecular complexity index is 694. The zero-order valence-corrected chi connectivity index (χ0v) is 10.5. The molecule has 2 N–H and O–H groups in total. The number of hydrogen-bond donors (Lipinski definition) is 1. The summed E-state index contributed by atoms with van der Waals surface area (Å²) in [5, 5.41) is 0. The van der Waals surface area contributed by atoms with Gasteiger partial charge >= 0.3 is 6.18 Å². The minimum Gasteiger partial charge on any atom is -0.364 e. The summed E-state index contributed by atoms with van der Waals surface area (Å²) >= 11 is 0. The van der Waals surface area contributed by atoms with E-state index in [-0.39, 0.29) is 22.4 Å². The Morgan fingerprint density at radius 3 is 2.38 bits per heavy atom. The summed E-state index contributed by atoms with van der Waals surface area (Å²) in [5.74, 6) is -0.790. The third-order valence-electron chi connectivity index (χ3n) is 2.83. The molecule has 1 aromatic heterocycles. The second-order valence-corrected chi connectivity index (χ2v) is 4.18. The van der Waals surface area contributed by atoms with Crippen LogP contribution < -0.4 is 5.73 Å². The van der Waals surface area contributed by atoms with Crippen molar-refractivity contribution in [1.82, 2.24) is 4.98 Å². The number of benzene rings is 1. The first kappa shape index (κ1) is 14.7. The Hall–Kier alpha value is -2.70. The minimum absolute atomic E-state index is 0.0732. The Labute approximate surface area is 117 Å². The van der Waals surface area contributed by atoms with Crippen molar-refractivity contribution in [2.45, 2.75) is 6.18 Å². The molecule has 0 atom stereocenters. The van der Waals surface area contributed by atoms with Gasteiger partial charge in [-0.3, -0.25) is 14.6 Å². The molecule has 2 aromatic rings. The Kier molecular flexibility index (Phi) is 3.75. The molecule has 1 heterocycles. The lowest BCUT2D eigenvalue weighted by molar-refractivity contribution is -0.137. The lowest BCUT2D eigenvalue weighted by atomic mass is 9.95. The molecule has 21 heavy (non-hydrogen) atoms. The van der Waals surface area contributed by atoms with E-state index in [9.17, 15) is 22.8 Å². The molecule has 0 aliphatic rings. The van der Waals surface area contributed by atoms with Gasteiger partial charge in [-0.15, -0.1) is 0 Å². The molecule has 1 aromatic carbocycles. The minimum atomic E-state index is -4.61. The average molecular weight is 294 g/mol. The Balaban J connectivity index is 2.66. The molecule has 4 nitrogen and oxygen atoms in total. The van der Waals surface area contributed by atoms with Gasteiger partial charge in [0.25, 0.3) is 5.91 Å². The molecular formula is C14H9F3N2O2. The molecule has 108 valence electrons. The summed E-state index contributed by atoms with van der Waals surface area (Å²) in [6, 6.07) is 5.79. The number of carbonyl (C=O) groups excluding carboxylic acids is 2. The lowest BCUT2D eigenvalue weighted by Crippen LogP contribution is -2.13. The van der Waals surface area contributed by atoms with Crippen molar-refractivity contribution in [3.8, 4) is 11.1 Å². The molecule has 0 fully saturated rings. The fourth-order valence-corrected chi connectivity index (χ4v) is 1.91. The van der Waals surface area contributed by atoms with Crippen LogP contribution >= 0.6 is 0 Å². The van der Waals surface area contributed by atoms with Gasteiger partial charge in [0.2, 0.25) is 0 Å². The summed E-state index contributed by atoms with van der Waals surface area (Å²) in [4.78, 5) is 25.6. The Morgan fingerprint density at radius 1 is 1.19 bits per heavy atom. The van der Waals surface area contributed by atoms with E-state index in [0.717, 1.165) is 18.3 Å². The summed E-state index contributed by atoms with van der Waals surface area (Å²) < 4.78 is 39.1. The van der Waals surface area contributed by atoms with Gasteiger partial charge in [-0.05, 0) is 12.1 Å². The molecule has 0 aliphatic heterocycles. The van der Waals surface area contributed by atoms with Gasteiger partial charge in [-0.2, -0.15) is 13.2 Å². The van der Waals surface area contributed by atoms with Gasteiger partial charge in [-0.1, -0.05) is 18.2 Å². The van der Waals surface area contributed by atoms with Gasteiger partial charge < -0.3 is 5.73 Å². The molecule has 7 heteroatoms. The second kappa shape index (κ2) is 5.35. The van der Waals surface area contributed by atoms with Crippen molar-refractivity contribution < 1.29 is 22.8 Å². The van der Waals surface area contributed by atoms with Crippen LogP contribution in [0.2, 0.25) is 0 Å². The van der Waals surface area contributed by atoms with E-state index in [2.05, 4.69) is 4.98 Å². The molecule has 0 aliphatic carbocycles. The van der Waals surface area contributed by atoms with E-state index < -0.39 is 17.6 Å². The largest absolute Gasteiger partial charge is 0.417 e. The van der Waals surface area contributed by atoms with E-state index in [1.165, 1.54) is 18.2 Å². The number of halogens is 3. The van der Waals surface area contributed by atoms with Crippen LogP contribution in [0.15, 0.2) is 36.5 Å². The van der Waals surface area contributed by atoms with Crippen molar-refractivity contribution in [2.24, 2.45) is 5.73 Å². The van der Waals surface area contributed by atoms with Crippen molar-refractivity contribution in [1.29, 1.82) is 0 Å². The second-order valence-electron chi connectivity index (χ2n) is 4.18. The first-order valence-electron chi connectivity index (χ1n) is 5.76. The number of rotatable bonds is 3. The van der Waals surface area contributed by atoms with Crippen molar-refractivity contribution in [3.63, 3.8) is 0 Å². The highest BCUT2D eigenvalue weighted by Crippen LogP contribution is 2.38. The first-order valence-corrected chi connectivity index (χ1v) is 5.76. The van der Waals surface area contributed by atoms with Crippen molar-refractivity contribution in [3.05, 3.63) is 53.3 Å². The molecule has 2 rings (SSSR count). The van der Waals surface area contributed by atoms with E-state index in [4.69, 9.17) is 5.73 Å². The predicted molar refractivity (Wildman–Crippen MR) is 68.6 cm³/mol. The number of hydrogen-bond acceptors (Lipinski definition) is 3. The predicted octanol–water partition coefficient (Wildman–Crippen LogP) is 2.68. The molecule has 0 bridgehead atoms. The van der Waals surface area contributed by atoms with Gasteiger partial charge in [0.05, 0.1) is 5.56 Å². The van der Waals surface area contributed by atoms with Crippen LogP contribution in [0, 0.1) is 0 Å². The van der Waals surface area contributed by atoms with Gasteiger partial charge in [0.15, 0.2) is 6.29 Å². The molecular weight excluding hydrogens is 285 g/mol. The maximum atomic E-state index is 13.0. The molecule has 0 spiro atoms. The molecule has 0 unspecified atom stereocenters. The quantitative estimate of drug-likeness (QED) is 0.884. The smallest absolute Gasteiger partial charge is 0.364 e. The van der Waals surface area contributed by atoms with Crippen LogP contribution in [0.5, 0.6) is 0 Å². The van der Waals surface area contributed by atoms with E-state index in [0.29, 0.717) is 6.29 Å². The third-order valence-corrected chi connectivity index (χ3v) is 2.83. The summed E-state index contributed by atoms with van der Waals surface area (Å²) in [6.07, 6.45) is -3.19. The van der Waals surface area contributed by atoms with E-state index in [1.807, 2.05) is 0 Å². The van der Waals surface area contributed by atoms with Crippen LogP contribution in [0.1, 0.15) is 26.4 Å². The van der Waals surface area contributed by atoms with Crippen molar-refractivity contribution in [2.75, 3.05) is 0 Å². The van der Waals surface area contributed by atoms with Gasteiger partial charge in [0.1, 0.15) is 5.69 Å². The zero-order valence-electron chi connectivity index (χ0n) is 10.5. The standard InChI is InChI=1S/C14H9F3N2O2/c15-14(16,17)10-3-1-2-9(7-20)12(10)8-4-5-11(13(18)21)19-6-8/h1-7H,(H2,18,21). The number of pyridine rings is 1. The fourth-order valence-electron chi connectivity index (χ4n) is 1.91. The van der Waals surface area contributed by atoms with Crippen LogP contribution in [0.3, 0.4) is 0 Å². The lowest BCUT2D eigenvalue weighted by Gasteiger charge is -2.14. The number of aldehydes is 1. The highest BCUT2D eigenvalue weighted by molar-refractivity contribution is 5.92. The maximum Gasteiger partial charge on any atom is 0.417 e. The monoisotopic (exact) mass is 294 g/mol. The number of primary amides is 1. The topological polar surface area (TPSA) is 73.1 Å². The number of aromatic nitrogens is 1. The number of nitrogens with two attached hydrogens (primary N) is 1. The number of alkyl halides is 3. The number of carbonyl (C=O) groups is 2. The van der Waals surface area contributed by atoms with Gasteiger partial charge in [-0.25, -0.2) is 0 Å². The van der Waals surface area contributed by atoms with Crippen LogP contribution in [0.4, 0.5) is 13.2 Å². The molecule has 1 amide bonds. The average Bonchev–Trinajstić information content (AvgIpc) is 2.45. The summed E-state index contributed by atoms with van der Waals surface area (Å²) in [6.45, 7) is 0. The van der Waals surface area contributed by atoms with E-state index >= 15 is 0 Å². The normalized spacial score (nSPS) is 11.2. The van der Waals surface area contributed by atoms with Crippen molar-refractivity contribution >= 4 is 12.2 Å². The SMILES string of the molecule is NC(=O)c1ccc(-c2c(C=O)cccc2C(F)(F)F)cn1. The van der Waals surface area contributed by atoms with Crippen LogP contribution in [-0.4, -0.2) is 17.2 Å². The fraction of sp³-hybridized carbons (Fsp3) is 0.0714. The first-order chi connectivity index (χ1) is 9.84. The van der Waals surface area contributed by atoms with Crippen LogP contribution in [0.25, 0.3) is 11.1 Å². The summed E-state index contributed by atoms with van der Waals surface area (Å²) in [5.41, 5.74) is 3.69. The zero-order chi connectivity index (χ0) is 15.6. The summed E-state index contributed by atoms with van der Waals surface area (Å²) in [7, 11) is 0. The maximum absolute atomic E-state index is 13.0. The molecule has 0 saturated carbocycles. The number of nitrogens with zero attached hydrogens (tertiary/aromatic N) is 1. The molecule has 0 radical (unpaired) electrons. The van der Waals surface area contributed by atoms with Gasteiger partial charge in [0, 0.05) is 22.9 Å². The third kappa shape index (κ3) is 2.91. The number of amides is 1. The molecule has 0 saturated heterocycles. The highest BCUT2D eigenvalue weighted by Gasteiger charge is 2.34. The highest BCUT2D eigenvalue weighted by atomic mass is 19.4.